The van der Waals surface area contributed by atoms with Crippen LogP contribution in [0.25, 0.3) is 17.4 Å². The Morgan fingerprint density at radius 2 is 1.64 bits per heavy atom. The van der Waals surface area contributed by atoms with Gasteiger partial charge in [0.15, 0.2) is 5.78 Å². The van der Waals surface area contributed by atoms with Crippen LogP contribution in [0.15, 0.2) is 75.6 Å². The lowest BCUT2D eigenvalue weighted by Gasteiger charge is -2.28. The van der Waals surface area contributed by atoms with Crippen LogP contribution < -0.4 is 4.90 Å². The number of rotatable bonds is 5. The van der Waals surface area contributed by atoms with Gasteiger partial charge in [-0.25, -0.2) is 0 Å². The van der Waals surface area contributed by atoms with E-state index < -0.39 is 0 Å². The SMILES string of the molecule is O=C(C=Cc1ccc(-c2ccc(Br)cc2)o1)c1ccc(N2CCOCC2)cc1. The summed E-state index contributed by atoms with van der Waals surface area (Å²) in [5.41, 5.74) is 2.77. The van der Waals surface area contributed by atoms with Crippen molar-refractivity contribution in [2.24, 2.45) is 0 Å². The van der Waals surface area contributed by atoms with Crippen LogP contribution in [0, 0.1) is 0 Å². The summed E-state index contributed by atoms with van der Waals surface area (Å²) in [5, 5.41) is 0. The Hall–Kier alpha value is -2.63. The smallest absolute Gasteiger partial charge is 0.185 e. The van der Waals surface area contributed by atoms with Crippen LogP contribution in [-0.2, 0) is 4.74 Å². The van der Waals surface area contributed by atoms with Crippen molar-refractivity contribution in [3.63, 3.8) is 0 Å². The van der Waals surface area contributed by atoms with Crippen molar-refractivity contribution >= 4 is 33.5 Å². The Balaban J connectivity index is 1.42. The minimum Gasteiger partial charge on any atom is -0.457 e. The first-order valence-corrected chi connectivity index (χ1v) is 9.99. The van der Waals surface area contributed by atoms with Gasteiger partial charge in [0.25, 0.3) is 0 Å². The predicted molar refractivity (Wildman–Crippen MR) is 115 cm³/mol. The number of ketones is 1. The Labute approximate surface area is 172 Å². The molecule has 0 N–H and O–H groups in total. The molecule has 0 bridgehead atoms. The van der Waals surface area contributed by atoms with Gasteiger partial charge < -0.3 is 14.1 Å². The maximum atomic E-state index is 12.5. The van der Waals surface area contributed by atoms with Crippen molar-refractivity contribution in [3.8, 4) is 11.3 Å². The second kappa shape index (κ2) is 8.59. The second-order valence-corrected chi connectivity index (χ2v) is 7.47. The summed E-state index contributed by atoms with van der Waals surface area (Å²) in [4.78, 5) is 14.7. The molecule has 0 spiro atoms. The number of allylic oxidation sites excluding steroid dienone is 1. The topological polar surface area (TPSA) is 42.7 Å². The number of morpholine rings is 1. The fraction of sp³-hybridized carbons (Fsp3) is 0.174. The van der Waals surface area contributed by atoms with Gasteiger partial charge in [-0.05, 0) is 60.7 Å². The van der Waals surface area contributed by atoms with Crippen molar-refractivity contribution in [1.29, 1.82) is 0 Å². The number of benzene rings is 2. The van der Waals surface area contributed by atoms with E-state index in [1.165, 1.54) is 0 Å². The standard InChI is InChI=1S/C23H20BrNO3/c24-19-5-1-18(2-6-19)23-12-10-21(28-23)9-11-22(26)17-3-7-20(8-4-17)25-13-15-27-16-14-25/h1-12H,13-16H2. The number of nitrogens with zero attached hydrogens (tertiary/aromatic N) is 1. The molecule has 142 valence electrons. The zero-order chi connectivity index (χ0) is 19.3. The molecule has 1 aromatic heterocycles. The summed E-state index contributed by atoms with van der Waals surface area (Å²) < 4.78 is 12.2. The van der Waals surface area contributed by atoms with Gasteiger partial charge >= 0.3 is 0 Å². The van der Waals surface area contributed by atoms with Gasteiger partial charge in [0, 0.05) is 34.4 Å². The van der Waals surface area contributed by atoms with Gasteiger partial charge in [-0.3, -0.25) is 4.79 Å². The third-order valence-electron chi connectivity index (χ3n) is 4.68. The fourth-order valence-electron chi connectivity index (χ4n) is 3.12. The molecule has 28 heavy (non-hydrogen) atoms. The lowest BCUT2D eigenvalue weighted by molar-refractivity contribution is 0.104. The van der Waals surface area contributed by atoms with Crippen LogP contribution in [0.3, 0.4) is 0 Å². The summed E-state index contributed by atoms with van der Waals surface area (Å²) in [6.07, 6.45) is 3.26. The Morgan fingerprint density at radius 3 is 2.36 bits per heavy atom. The zero-order valence-electron chi connectivity index (χ0n) is 15.3. The maximum Gasteiger partial charge on any atom is 0.185 e. The zero-order valence-corrected chi connectivity index (χ0v) is 16.9. The van der Waals surface area contributed by atoms with E-state index in [1.807, 2.05) is 60.7 Å². The highest BCUT2D eigenvalue weighted by molar-refractivity contribution is 9.10. The van der Waals surface area contributed by atoms with Crippen LogP contribution in [0.5, 0.6) is 0 Å². The first-order valence-electron chi connectivity index (χ1n) is 9.20. The summed E-state index contributed by atoms with van der Waals surface area (Å²) in [6, 6.07) is 19.4. The van der Waals surface area contributed by atoms with E-state index in [4.69, 9.17) is 9.15 Å². The highest BCUT2D eigenvalue weighted by atomic mass is 79.9. The van der Waals surface area contributed by atoms with Gasteiger partial charge in [0.05, 0.1) is 13.2 Å². The highest BCUT2D eigenvalue weighted by Gasteiger charge is 2.11. The summed E-state index contributed by atoms with van der Waals surface area (Å²) in [7, 11) is 0. The van der Waals surface area contributed by atoms with Crippen LogP contribution in [-0.4, -0.2) is 32.1 Å². The van der Waals surface area contributed by atoms with Crippen molar-refractivity contribution in [2.75, 3.05) is 31.2 Å². The first kappa shape index (κ1) is 18.7. The van der Waals surface area contributed by atoms with E-state index in [9.17, 15) is 4.79 Å². The molecule has 5 heteroatoms. The first-order chi connectivity index (χ1) is 13.7. The molecule has 0 amide bonds. The summed E-state index contributed by atoms with van der Waals surface area (Å²) >= 11 is 3.43. The molecule has 1 saturated heterocycles. The quantitative estimate of drug-likeness (QED) is 0.393. The average molecular weight is 438 g/mol. The molecule has 4 rings (SSSR count). The molecule has 0 aliphatic carbocycles. The van der Waals surface area contributed by atoms with Gasteiger partial charge in [0.2, 0.25) is 0 Å². The lowest BCUT2D eigenvalue weighted by atomic mass is 10.1. The Kier molecular flexibility index (Phi) is 5.74. The number of hydrogen-bond acceptors (Lipinski definition) is 4. The van der Waals surface area contributed by atoms with Gasteiger partial charge in [-0.1, -0.05) is 28.1 Å². The number of carbonyl (C=O) groups is 1. The molecular weight excluding hydrogens is 418 g/mol. The molecule has 2 heterocycles. The number of carbonyl (C=O) groups excluding carboxylic acids is 1. The van der Waals surface area contributed by atoms with E-state index >= 15 is 0 Å². The van der Waals surface area contributed by atoms with E-state index in [2.05, 4.69) is 20.8 Å². The minimum absolute atomic E-state index is 0.0462. The average Bonchev–Trinajstić information content (AvgIpc) is 3.22. The monoisotopic (exact) mass is 437 g/mol. The molecule has 0 saturated carbocycles. The normalized spacial score (nSPS) is 14.5. The predicted octanol–water partition coefficient (Wildman–Crippen LogP) is 5.44. The molecule has 3 aromatic rings. The lowest BCUT2D eigenvalue weighted by Crippen LogP contribution is -2.36. The van der Waals surface area contributed by atoms with Crippen molar-refractivity contribution < 1.29 is 13.9 Å². The van der Waals surface area contributed by atoms with Crippen molar-refractivity contribution in [3.05, 3.63) is 82.5 Å². The fourth-order valence-corrected chi connectivity index (χ4v) is 3.39. The molecule has 4 nitrogen and oxygen atoms in total. The highest BCUT2D eigenvalue weighted by Crippen LogP contribution is 2.24. The minimum atomic E-state index is -0.0462. The van der Waals surface area contributed by atoms with Gasteiger partial charge in [-0.2, -0.15) is 0 Å². The summed E-state index contributed by atoms with van der Waals surface area (Å²) in [5.74, 6) is 1.38. The van der Waals surface area contributed by atoms with Gasteiger partial charge in [0.1, 0.15) is 11.5 Å². The van der Waals surface area contributed by atoms with Gasteiger partial charge in [-0.15, -0.1) is 0 Å². The molecule has 0 radical (unpaired) electrons. The number of hydrogen-bond donors (Lipinski definition) is 0. The number of ether oxygens (including phenoxy) is 1. The van der Waals surface area contributed by atoms with Crippen LogP contribution in [0.1, 0.15) is 16.1 Å². The maximum absolute atomic E-state index is 12.5. The van der Waals surface area contributed by atoms with E-state index in [0.29, 0.717) is 11.3 Å². The van der Waals surface area contributed by atoms with Crippen molar-refractivity contribution in [2.45, 2.75) is 0 Å². The third-order valence-corrected chi connectivity index (χ3v) is 5.21. The molecule has 2 aromatic carbocycles. The molecular formula is C23H20BrNO3. The second-order valence-electron chi connectivity index (χ2n) is 6.55. The van der Waals surface area contributed by atoms with E-state index in [1.54, 1.807) is 12.2 Å². The summed E-state index contributed by atoms with van der Waals surface area (Å²) in [6.45, 7) is 3.25. The third kappa shape index (κ3) is 4.43. The molecule has 1 fully saturated rings. The van der Waals surface area contributed by atoms with Crippen LogP contribution in [0.4, 0.5) is 5.69 Å². The van der Waals surface area contributed by atoms with E-state index in [0.717, 1.165) is 47.8 Å². The number of halogens is 1. The Morgan fingerprint density at radius 1 is 0.929 bits per heavy atom. The van der Waals surface area contributed by atoms with E-state index in [-0.39, 0.29) is 5.78 Å². The molecule has 1 aliphatic heterocycles. The number of furan rings is 1. The molecule has 1 aliphatic rings. The number of anilines is 1. The Bertz CT molecular complexity index is 968. The molecule has 0 atom stereocenters. The van der Waals surface area contributed by atoms with Crippen molar-refractivity contribution in [1.82, 2.24) is 0 Å². The largest absolute Gasteiger partial charge is 0.457 e. The van der Waals surface area contributed by atoms with Crippen LogP contribution in [0.2, 0.25) is 0 Å². The van der Waals surface area contributed by atoms with Crippen LogP contribution >= 0.6 is 15.9 Å². The molecule has 0 unspecified atom stereocenters.